The number of rotatable bonds is 6. The highest BCUT2D eigenvalue weighted by molar-refractivity contribution is 7.89. The summed E-state index contributed by atoms with van der Waals surface area (Å²) in [5, 5.41) is 0.254. The van der Waals surface area contributed by atoms with Crippen molar-refractivity contribution >= 4 is 21.6 Å². The molecular weight excluding hydrogens is 310 g/mol. The van der Waals surface area contributed by atoms with Crippen molar-refractivity contribution in [3.63, 3.8) is 0 Å². The van der Waals surface area contributed by atoms with Gasteiger partial charge >= 0.3 is 0 Å². The summed E-state index contributed by atoms with van der Waals surface area (Å²) in [6, 6.07) is 6.49. The quantitative estimate of drug-likeness (QED) is 0.797. The van der Waals surface area contributed by atoms with Crippen molar-refractivity contribution in [3.05, 3.63) is 29.3 Å². The second-order valence-electron chi connectivity index (χ2n) is 5.33. The second kappa shape index (κ2) is 7.56. The van der Waals surface area contributed by atoms with E-state index in [9.17, 15) is 8.42 Å². The molecule has 1 aliphatic heterocycles. The van der Waals surface area contributed by atoms with Gasteiger partial charge in [-0.1, -0.05) is 23.7 Å². The zero-order valence-corrected chi connectivity index (χ0v) is 13.8. The summed E-state index contributed by atoms with van der Waals surface area (Å²) in [7, 11) is -1.39. The summed E-state index contributed by atoms with van der Waals surface area (Å²) in [4.78, 5) is 4.81. The highest BCUT2D eigenvalue weighted by Crippen LogP contribution is 2.19. The average molecular weight is 332 g/mol. The third-order valence-corrected chi connectivity index (χ3v) is 5.63. The van der Waals surface area contributed by atoms with Gasteiger partial charge in [0.25, 0.3) is 0 Å². The fraction of sp³-hybridized carbons (Fsp3) is 0.571. The molecule has 21 heavy (non-hydrogen) atoms. The van der Waals surface area contributed by atoms with Gasteiger partial charge in [-0.15, -0.1) is 0 Å². The monoisotopic (exact) mass is 331 g/mol. The van der Waals surface area contributed by atoms with E-state index in [1.165, 1.54) is 6.07 Å². The molecule has 0 spiro atoms. The number of likely N-dealkylation sites (N-methyl/N-ethyl adjacent to an activating group) is 1. The van der Waals surface area contributed by atoms with Crippen LogP contribution < -0.4 is 4.72 Å². The molecule has 1 aromatic rings. The molecule has 1 aliphatic rings. The maximum absolute atomic E-state index is 12.1. The third-order valence-electron chi connectivity index (χ3n) is 3.67. The minimum absolute atomic E-state index is 0.145. The Kier molecular flexibility index (Phi) is 6.01. The third kappa shape index (κ3) is 4.93. The lowest BCUT2D eigenvalue weighted by molar-refractivity contribution is 0.153. The normalized spacial score (nSPS) is 18.0. The second-order valence-corrected chi connectivity index (χ2v) is 7.47. The Morgan fingerprint density at radius 1 is 1.19 bits per heavy atom. The molecule has 0 aromatic heterocycles. The molecule has 0 radical (unpaired) electrons. The Bertz CT molecular complexity index is 557. The molecule has 0 bridgehead atoms. The van der Waals surface area contributed by atoms with Gasteiger partial charge in [-0.3, -0.25) is 0 Å². The van der Waals surface area contributed by atoms with E-state index in [0.29, 0.717) is 6.54 Å². The van der Waals surface area contributed by atoms with Gasteiger partial charge in [0.2, 0.25) is 10.0 Å². The number of piperazine rings is 1. The first kappa shape index (κ1) is 16.7. The van der Waals surface area contributed by atoms with Gasteiger partial charge in [0, 0.05) is 32.7 Å². The molecule has 0 amide bonds. The number of sulfonamides is 1. The van der Waals surface area contributed by atoms with Crippen LogP contribution in [0, 0.1) is 0 Å². The molecule has 1 aromatic carbocycles. The molecule has 1 fully saturated rings. The molecule has 0 atom stereocenters. The van der Waals surface area contributed by atoms with Crippen molar-refractivity contribution in [1.82, 2.24) is 14.5 Å². The van der Waals surface area contributed by atoms with Gasteiger partial charge in [0.1, 0.15) is 4.90 Å². The van der Waals surface area contributed by atoms with Crippen molar-refractivity contribution in [2.45, 2.75) is 11.3 Å². The lowest BCUT2D eigenvalue weighted by Crippen LogP contribution is -2.45. The van der Waals surface area contributed by atoms with Crippen LogP contribution in [0.5, 0.6) is 0 Å². The molecule has 0 aliphatic carbocycles. The first-order chi connectivity index (χ1) is 9.99. The summed E-state index contributed by atoms with van der Waals surface area (Å²) < 4.78 is 26.9. The maximum atomic E-state index is 12.1. The van der Waals surface area contributed by atoms with Gasteiger partial charge in [-0.25, -0.2) is 13.1 Å². The van der Waals surface area contributed by atoms with Gasteiger partial charge in [-0.2, -0.15) is 0 Å². The summed E-state index contributed by atoms with van der Waals surface area (Å²) in [5.74, 6) is 0. The summed E-state index contributed by atoms with van der Waals surface area (Å²) in [6.07, 6.45) is 0.799. The van der Waals surface area contributed by atoms with E-state index >= 15 is 0 Å². The first-order valence-corrected chi connectivity index (χ1v) is 9.00. The average Bonchev–Trinajstić information content (AvgIpc) is 2.46. The Labute approximate surface area is 131 Å². The van der Waals surface area contributed by atoms with Crippen LogP contribution in [0.2, 0.25) is 5.02 Å². The van der Waals surface area contributed by atoms with Crippen LogP contribution in [0.3, 0.4) is 0 Å². The topological polar surface area (TPSA) is 52.6 Å². The zero-order chi connectivity index (χ0) is 15.3. The number of benzene rings is 1. The van der Waals surface area contributed by atoms with E-state index in [2.05, 4.69) is 21.6 Å². The molecule has 5 nitrogen and oxygen atoms in total. The van der Waals surface area contributed by atoms with Gasteiger partial charge in [0.15, 0.2) is 0 Å². The number of hydrogen-bond acceptors (Lipinski definition) is 4. The van der Waals surface area contributed by atoms with E-state index in [1.807, 2.05) is 0 Å². The molecule has 1 heterocycles. The van der Waals surface area contributed by atoms with Crippen LogP contribution in [0.15, 0.2) is 29.2 Å². The minimum Gasteiger partial charge on any atom is -0.304 e. The van der Waals surface area contributed by atoms with Crippen molar-refractivity contribution < 1.29 is 8.42 Å². The van der Waals surface area contributed by atoms with Crippen molar-refractivity contribution in [2.75, 3.05) is 46.3 Å². The Morgan fingerprint density at radius 2 is 1.86 bits per heavy atom. The molecule has 0 saturated carbocycles. The fourth-order valence-corrected chi connectivity index (χ4v) is 3.91. The van der Waals surface area contributed by atoms with E-state index in [0.717, 1.165) is 39.1 Å². The van der Waals surface area contributed by atoms with Crippen LogP contribution in [-0.2, 0) is 10.0 Å². The van der Waals surface area contributed by atoms with Crippen LogP contribution >= 0.6 is 11.6 Å². The van der Waals surface area contributed by atoms with Crippen LogP contribution in [0.4, 0.5) is 0 Å². The summed E-state index contributed by atoms with van der Waals surface area (Å²) in [6.45, 7) is 5.59. The molecule has 118 valence electrons. The number of hydrogen-bond donors (Lipinski definition) is 1. The molecule has 0 unspecified atom stereocenters. The maximum Gasteiger partial charge on any atom is 0.242 e. The lowest BCUT2D eigenvalue weighted by atomic mass is 10.3. The molecule has 1 N–H and O–H groups in total. The summed E-state index contributed by atoms with van der Waals surface area (Å²) >= 11 is 5.92. The van der Waals surface area contributed by atoms with Crippen LogP contribution in [0.1, 0.15) is 6.42 Å². The number of nitrogens with one attached hydrogen (secondary N) is 1. The van der Waals surface area contributed by atoms with E-state index in [-0.39, 0.29) is 9.92 Å². The molecule has 1 saturated heterocycles. The molecule has 2 rings (SSSR count). The van der Waals surface area contributed by atoms with Gasteiger partial charge < -0.3 is 9.80 Å². The van der Waals surface area contributed by atoms with Gasteiger partial charge in [-0.05, 0) is 32.1 Å². The van der Waals surface area contributed by atoms with E-state index < -0.39 is 10.0 Å². The van der Waals surface area contributed by atoms with Gasteiger partial charge in [0.05, 0.1) is 5.02 Å². The van der Waals surface area contributed by atoms with Crippen LogP contribution in [-0.4, -0.2) is 64.5 Å². The largest absolute Gasteiger partial charge is 0.304 e. The Balaban J connectivity index is 1.77. The highest BCUT2D eigenvalue weighted by Gasteiger charge is 2.17. The lowest BCUT2D eigenvalue weighted by Gasteiger charge is -2.32. The molecule has 7 heteroatoms. The number of halogens is 1. The molecular formula is C14H22ClN3O2S. The van der Waals surface area contributed by atoms with E-state index in [1.54, 1.807) is 18.2 Å². The van der Waals surface area contributed by atoms with Crippen molar-refractivity contribution in [1.29, 1.82) is 0 Å². The predicted octanol–water partition coefficient (Wildman–Crippen LogP) is 1.26. The smallest absolute Gasteiger partial charge is 0.242 e. The Morgan fingerprint density at radius 3 is 2.52 bits per heavy atom. The first-order valence-electron chi connectivity index (χ1n) is 7.14. The van der Waals surface area contributed by atoms with Crippen molar-refractivity contribution in [3.8, 4) is 0 Å². The van der Waals surface area contributed by atoms with Crippen molar-refractivity contribution in [2.24, 2.45) is 0 Å². The van der Waals surface area contributed by atoms with Crippen LogP contribution in [0.25, 0.3) is 0 Å². The van der Waals surface area contributed by atoms with E-state index in [4.69, 9.17) is 11.6 Å². The fourth-order valence-electron chi connectivity index (χ4n) is 2.32. The number of nitrogens with zero attached hydrogens (tertiary/aromatic N) is 2. The SMILES string of the molecule is CN1CCN(CCCNS(=O)(=O)c2ccccc2Cl)CC1. The Hall–Kier alpha value is -0.660. The zero-order valence-electron chi connectivity index (χ0n) is 12.3. The highest BCUT2D eigenvalue weighted by atomic mass is 35.5. The minimum atomic E-state index is -3.51. The standard InChI is InChI=1S/C14H22ClN3O2S/c1-17-9-11-18(12-10-17)8-4-7-16-21(19,20)14-6-3-2-5-13(14)15/h2-3,5-6,16H,4,7-12H2,1H3. The summed E-state index contributed by atoms with van der Waals surface area (Å²) in [5.41, 5.74) is 0. The predicted molar refractivity (Wildman–Crippen MR) is 85.2 cm³/mol.